The second-order valence-corrected chi connectivity index (χ2v) is 8.68. The number of anilines is 1. The molecule has 4 rings (SSSR count). The van der Waals surface area contributed by atoms with Crippen LogP contribution < -0.4 is 10.1 Å². The van der Waals surface area contributed by atoms with Crippen LogP contribution in [0.4, 0.5) is 5.69 Å². The smallest absolute Gasteiger partial charge is 0.336 e. The van der Waals surface area contributed by atoms with Crippen LogP contribution in [0.2, 0.25) is 0 Å². The van der Waals surface area contributed by atoms with Gasteiger partial charge in [0.15, 0.2) is 5.82 Å². The Labute approximate surface area is 209 Å². The van der Waals surface area contributed by atoms with E-state index in [0.717, 1.165) is 27.6 Å². The Bertz CT molecular complexity index is 1130. The van der Waals surface area contributed by atoms with E-state index in [9.17, 15) is 5.11 Å². The Kier molecular flexibility index (Phi) is 9.24. The van der Waals surface area contributed by atoms with Crippen LogP contribution in [0.15, 0.2) is 72.1 Å². The summed E-state index contributed by atoms with van der Waals surface area (Å²) in [6, 6.07) is 22.0. The van der Waals surface area contributed by atoms with E-state index in [1.165, 1.54) is 0 Å². The first kappa shape index (κ1) is 24.9. The third-order valence-electron chi connectivity index (χ3n) is 5.07. The van der Waals surface area contributed by atoms with Crippen molar-refractivity contribution in [2.24, 2.45) is 0 Å². The average molecular weight is 495 g/mol. The quantitative estimate of drug-likeness (QED) is 0.251. The zero-order valence-corrected chi connectivity index (χ0v) is 20.5. The maximum atomic E-state index is 10.2. The number of ether oxygens (including phenoxy) is 3. The molecule has 35 heavy (non-hydrogen) atoms. The van der Waals surface area contributed by atoms with Crippen LogP contribution >= 0.6 is 11.3 Å². The monoisotopic (exact) mass is 494 g/mol. The Morgan fingerprint density at radius 3 is 2.57 bits per heavy atom. The van der Waals surface area contributed by atoms with Gasteiger partial charge in [-0.3, -0.25) is 0 Å². The summed E-state index contributed by atoms with van der Waals surface area (Å²) in [4.78, 5) is 5.58. The van der Waals surface area contributed by atoms with Gasteiger partial charge in [-0.15, -0.1) is 16.4 Å². The molecule has 0 radical (unpaired) electrons. The fourth-order valence-corrected chi connectivity index (χ4v) is 4.04. The number of nitrogens with zero attached hydrogens (tertiary/aromatic N) is 3. The van der Waals surface area contributed by atoms with Crippen molar-refractivity contribution in [3.8, 4) is 22.4 Å². The van der Waals surface area contributed by atoms with Gasteiger partial charge in [-0.05, 0) is 48.2 Å². The lowest BCUT2D eigenvalue weighted by Gasteiger charge is -2.14. The van der Waals surface area contributed by atoms with Gasteiger partial charge >= 0.3 is 6.01 Å². The lowest BCUT2D eigenvalue weighted by Crippen LogP contribution is -2.24. The summed E-state index contributed by atoms with van der Waals surface area (Å²) >= 11 is 1.59. The first-order valence-electron chi connectivity index (χ1n) is 11.6. The molecule has 0 aliphatic heterocycles. The van der Waals surface area contributed by atoms with E-state index in [-0.39, 0.29) is 6.61 Å². The maximum absolute atomic E-state index is 10.2. The van der Waals surface area contributed by atoms with Crippen LogP contribution in [0.5, 0.6) is 6.01 Å². The zero-order chi connectivity index (χ0) is 24.3. The topological polar surface area (TPSA) is 90.7 Å². The highest BCUT2D eigenvalue weighted by atomic mass is 32.1. The molecule has 0 saturated heterocycles. The van der Waals surface area contributed by atoms with Crippen LogP contribution in [-0.2, 0) is 16.1 Å². The second kappa shape index (κ2) is 13.0. The minimum atomic E-state index is -0.615. The third-order valence-corrected chi connectivity index (χ3v) is 5.93. The summed E-state index contributed by atoms with van der Waals surface area (Å²) in [5, 5.41) is 20.0. The summed E-state index contributed by atoms with van der Waals surface area (Å²) in [5.74, 6) is 0.720. The van der Waals surface area contributed by atoms with Crippen molar-refractivity contribution in [2.75, 3.05) is 38.3 Å². The first-order chi connectivity index (χ1) is 17.2. The minimum Gasteiger partial charge on any atom is -0.460 e. The Morgan fingerprint density at radius 2 is 1.83 bits per heavy atom. The molecule has 2 N–H and O–H groups in total. The minimum absolute atomic E-state index is 0.259. The number of aromatic nitrogens is 3. The van der Waals surface area contributed by atoms with Gasteiger partial charge in [0.1, 0.15) is 6.61 Å². The van der Waals surface area contributed by atoms with Crippen LogP contribution in [-0.4, -0.2) is 58.9 Å². The predicted octanol–water partition coefficient (Wildman–Crippen LogP) is 4.40. The van der Waals surface area contributed by atoms with Crippen molar-refractivity contribution in [3.63, 3.8) is 0 Å². The molecule has 0 fully saturated rings. The predicted molar refractivity (Wildman–Crippen MR) is 137 cm³/mol. The maximum Gasteiger partial charge on any atom is 0.336 e. The molecule has 0 amide bonds. The van der Waals surface area contributed by atoms with Crippen LogP contribution in [0, 0.1) is 0 Å². The summed E-state index contributed by atoms with van der Waals surface area (Å²) in [6.45, 7) is 4.59. The number of hydrogen-bond acceptors (Lipinski definition) is 8. The highest BCUT2D eigenvalue weighted by molar-refractivity contribution is 7.13. The molecule has 2 aromatic carbocycles. The van der Waals surface area contributed by atoms with Gasteiger partial charge in [0, 0.05) is 18.8 Å². The normalized spacial score (nSPS) is 11.9. The molecule has 0 aliphatic rings. The van der Waals surface area contributed by atoms with Gasteiger partial charge in [0.2, 0.25) is 0 Å². The van der Waals surface area contributed by atoms with Crippen LogP contribution in [0.25, 0.3) is 16.4 Å². The molecule has 9 heteroatoms. The standard InChI is InChI=1S/C26H30N4O4S/c1-2-32-14-15-34-26-28-25(24-9-6-16-35-24)30(29-26)22-12-10-21(11-13-22)27-17-23(31)19-33-18-20-7-4-3-5-8-20/h3-13,16,23,27,31H,2,14-15,17-19H2,1H3. The summed E-state index contributed by atoms with van der Waals surface area (Å²) in [7, 11) is 0. The highest BCUT2D eigenvalue weighted by Crippen LogP contribution is 2.27. The number of hydrogen-bond donors (Lipinski definition) is 2. The van der Waals surface area contributed by atoms with Crippen molar-refractivity contribution in [2.45, 2.75) is 19.6 Å². The van der Waals surface area contributed by atoms with Gasteiger partial charge in [0.05, 0.1) is 36.5 Å². The van der Waals surface area contributed by atoms with Gasteiger partial charge in [-0.1, -0.05) is 36.4 Å². The Balaban J connectivity index is 1.34. The average Bonchev–Trinajstić information content (AvgIpc) is 3.57. The highest BCUT2D eigenvalue weighted by Gasteiger charge is 2.15. The van der Waals surface area contributed by atoms with Gasteiger partial charge in [-0.2, -0.15) is 4.98 Å². The lowest BCUT2D eigenvalue weighted by molar-refractivity contribution is 0.0348. The van der Waals surface area contributed by atoms with Crippen molar-refractivity contribution in [1.29, 1.82) is 0 Å². The fraction of sp³-hybridized carbons (Fsp3) is 0.308. The van der Waals surface area contributed by atoms with E-state index in [2.05, 4.69) is 15.4 Å². The molecule has 1 atom stereocenters. The molecule has 184 valence electrons. The molecule has 0 spiro atoms. The van der Waals surface area contributed by atoms with Crippen molar-refractivity contribution in [3.05, 3.63) is 77.7 Å². The van der Waals surface area contributed by atoms with Gasteiger partial charge < -0.3 is 24.6 Å². The van der Waals surface area contributed by atoms with E-state index >= 15 is 0 Å². The number of nitrogens with one attached hydrogen (secondary N) is 1. The van der Waals surface area contributed by atoms with Crippen molar-refractivity contribution < 1.29 is 19.3 Å². The number of benzene rings is 2. The summed E-state index contributed by atoms with van der Waals surface area (Å²) in [5.41, 5.74) is 2.83. The molecular formula is C26H30N4O4S. The summed E-state index contributed by atoms with van der Waals surface area (Å²) in [6.07, 6.45) is -0.615. The molecule has 8 nitrogen and oxygen atoms in total. The second-order valence-electron chi connectivity index (χ2n) is 7.73. The van der Waals surface area contributed by atoms with Crippen molar-refractivity contribution in [1.82, 2.24) is 14.8 Å². The number of aliphatic hydroxyl groups is 1. The van der Waals surface area contributed by atoms with Gasteiger partial charge in [0.25, 0.3) is 0 Å². The van der Waals surface area contributed by atoms with Crippen LogP contribution in [0.1, 0.15) is 12.5 Å². The lowest BCUT2D eigenvalue weighted by atomic mass is 10.2. The molecule has 0 bridgehead atoms. The Morgan fingerprint density at radius 1 is 1.00 bits per heavy atom. The summed E-state index contributed by atoms with van der Waals surface area (Å²) < 4.78 is 18.4. The number of rotatable bonds is 14. The van der Waals surface area contributed by atoms with Crippen molar-refractivity contribution >= 4 is 17.0 Å². The third kappa shape index (κ3) is 7.37. The molecule has 2 aromatic heterocycles. The molecule has 0 saturated carbocycles. The van der Waals surface area contributed by atoms with E-state index in [1.54, 1.807) is 16.0 Å². The van der Waals surface area contributed by atoms with E-state index < -0.39 is 6.10 Å². The van der Waals surface area contributed by atoms with E-state index in [1.807, 2.05) is 79.0 Å². The molecule has 1 unspecified atom stereocenters. The molecule has 4 aromatic rings. The first-order valence-corrected chi connectivity index (χ1v) is 12.5. The number of aliphatic hydroxyl groups excluding tert-OH is 1. The van der Waals surface area contributed by atoms with E-state index in [0.29, 0.717) is 39.0 Å². The fourth-order valence-electron chi connectivity index (χ4n) is 3.34. The SMILES string of the molecule is CCOCCOc1nc(-c2cccs2)n(-c2ccc(NCC(O)COCc3ccccc3)cc2)n1. The molecular weight excluding hydrogens is 464 g/mol. The Hall–Kier alpha value is -3.24. The molecule has 2 heterocycles. The molecule has 0 aliphatic carbocycles. The van der Waals surface area contributed by atoms with Gasteiger partial charge in [-0.25, -0.2) is 4.68 Å². The van der Waals surface area contributed by atoms with E-state index in [4.69, 9.17) is 14.2 Å². The number of thiophene rings is 1. The largest absolute Gasteiger partial charge is 0.460 e. The zero-order valence-electron chi connectivity index (χ0n) is 19.7. The van der Waals surface area contributed by atoms with Crippen LogP contribution in [0.3, 0.4) is 0 Å².